The second kappa shape index (κ2) is 6.21. The van der Waals surface area contributed by atoms with Gasteiger partial charge in [-0.25, -0.2) is 9.18 Å². The Morgan fingerprint density at radius 2 is 1.86 bits per heavy atom. The molecule has 29 heavy (non-hydrogen) atoms. The molecule has 2 heterocycles. The average Bonchev–Trinajstić information content (AvgIpc) is 2.72. The number of hydrogen-bond donors (Lipinski definition) is 1. The van der Waals surface area contributed by atoms with Crippen molar-refractivity contribution >= 4 is 21.7 Å². The Morgan fingerprint density at radius 3 is 2.66 bits per heavy atom. The minimum Gasteiger partial charge on any atom is -0.439 e. The van der Waals surface area contributed by atoms with Crippen LogP contribution in [0, 0.1) is 17.1 Å². The standard InChI is InChI=1S/C23H13FN2O3/c24-14-6-3-5-13(10-14)18-17(11-25)22(26)28-21-16-9-8-12-4-1-2-7-15(12)20(16)29-23(27)19(18)21/h1-10,18H,26H2. The van der Waals surface area contributed by atoms with Gasteiger partial charge in [0.05, 0.1) is 16.9 Å². The monoisotopic (exact) mass is 384 g/mol. The molecule has 0 spiro atoms. The van der Waals surface area contributed by atoms with E-state index in [0.717, 1.165) is 10.8 Å². The molecule has 3 aromatic carbocycles. The van der Waals surface area contributed by atoms with E-state index in [1.165, 1.54) is 18.2 Å². The maximum Gasteiger partial charge on any atom is 0.344 e. The maximum atomic E-state index is 13.9. The van der Waals surface area contributed by atoms with Crippen LogP contribution in [0.3, 0.4) is 0 Å². The van der Waals surface area contributed by atoms with Crippen LogP contribution in [0.2, 0.25) is 0 Å². The van der Waals surface area contributed by atoms with E-state index in [1.807, 2.05) is 36.4 Å². The Kier molecular flexibility index (Phi) is 3.65. The molecule has 0 saturated carbocycles. The molecule has 1 aromatic heterocycles. The molecule has 1 aliphatic rings. The van der Waals surface area contributed by atoms with Crippen molar-refractivity contribution in [2.75, 3.05) is 0 Å². The van der Waals surface area contributed by atoms with Gasteiger partial charge in [-0.15, -0.1) is 0 Å². The predicted molar refractivity (Wildman–Crippen MR) is 106 cm³/mol. The maximum absolute atomic E-state index is 13.9. The molecule has 0 saturated heterocycles. The van der Waals surface area contributed by atoms with E-state index in [4.69, 9.17) is 14.9 Å². The van der Waals surface area contributed by atoms with E-state index in [9.17, 15) is 14.4 Å². The van der Waals surface area contributed by atoms with Crippen LogP contribution in [0.25, 0.3) is 21.7 Å². The summed E-state index contributed by atoms with van der Waals surface area (Å²) in [6.07, 6.45) is 0. The summed E-state index contributed by atoms with van der Waals surface area (Å²) in [5, 5.41) is 11.9. The summed E-state index contributed by atoms with van der Waals surface area (Å²) in [5.41, 5.74) is 6.34. The number of benzene rings is 3. The van der Waals surface area contributed by atoms with Gasteiger partial charge in [-0.3, -0.25) is 0 Å². The average molecular weight is 384 g/mol. The molecule has 0 amide bonds. The van der Waals surface area contributed by atoms with Gasteiger partial charge in [-0.1, -0.05) is 42.5 Å². The molecular weight excluding hydrogens is 371 g/mol. The Balaban J connectivity index is 1.89. The molecule has 1 aliphatic heterocycles. The SMILES string of the molecule is N#CC1=C(N)Oc2c(c(=O)oc3c2ccc2ccccc23)C1c1cccc(F)c1. The highest BCUT2D eigenvalue weighted by molar-refractivity contribution is 6.06. The van der Waals surface area contributed by atoms with Crippen molar-refractivity contribution < 1.29 is 13.5 Å². The van der Waals surface area contributed by atoms with Gasteiger partial charge in [0.2, 0.25) is 5.88 Å². The zero-order valence-corrected chi connectivity index (χ0v) is 15.0. The van der Waals surface area contributed by atoms with Crippen LogP contribution in [0.1, 0.15) is 17.0 Å². The van der Waals surface area contributed by atoms with Gasteiger partial charge in [0, 0.05) is 5.39 Å². The number of fused-ring (bicyclic) bond motifs is 5. The fraction of sp³-hybridized carbons (Fsp3) is 0.0435. The third kappa shape index (κ3) is 2.48. The van der Waals surface area contributed by atoms with Gasteiger partial charge in [-0.05, 0) is 29.1 Å². The van der Waals surface area contributed by atoms with E-state index in [-0.39, 0.29) is 22.8 Å². The predicted octanol–water partition coefficient (Wildman–Crippen LogP) is 4.30. The molecule has 1 atom stereocenters. The Labute approximate surface area is 164 Å². The van der Waals surface area contributed by atoms with Crippen LogP contribution in [0.5, 0.6) is 5.75 Å². The zero-order chi connectivity index (χ0) is 20.1. The Bertz CT molecular complexity index is 1450. The Morgan fingerprint density at radius 1 is 1.03 bits per heavy atom. The number of nitrogens with two attached hydrogens (primary N) is 1. The number of nitrogens with zero attached hydrogens (tertiary/aromatic N) is 1. The summed E-state index contributed by atoms with van der Waals surface area (Å²) in [6, 6.07) is 18.9. The normalized spacial score (nSPS) is 15.8. The van der Waals surface area contributed by atoms with Crippen molar-refractivity contribution in [3.63, 3.8) is 0 Å². The van der Waals surface area contributed by atoms with Crippen LogP contribution in [-0.2, 0) is 0 Å². The molecule has 2 N–H and O–H groups in total. The van der Waals surface area contributed by atoms with Crippen molar-refractivity contribution in [1.82, 2.24) is 0 Å². The van der Waals surface area contributed by atoms with Gasteiger partial charge in [0.25, 0.3) is 0 Å². The molecule has 0 aliphatic carbocycles. The quantitative estimate of drug-likeness (QED) is 0.390. The van der Waals surface area contributed by atoms with Crippen molar-refractivity contribution in [2.24, 2.45) is 5.73 Å². The second-order valence-corrected chi connectivity index (χ2v) is 6.78. The van der Waals surface area contributed by atoms with Crippen molar-refractivity contribution in [2.45, 2.75) is 5.92 Å². The molecule has 1 unspecified atom stereocenters. The van der Waals surface area contributed by atoms with Crippen LogP contribution in [0.4, 0.5) is 4.39 Å². The number of nitriles is 1. The van der Waals surface area contributed by atoms with E-state index >= 15 is 0 Å². The van der Waals surface area contributed by atoms with E-state index in [2.05, 4.69) is 0 Å². The number of allylic oxidation sites excluding steroid dienone is 1. The molecule has 6 heteroatoms. The highest BCUT2D eigenvalue weighted by atomic mass is 19.1. The summed E-state index contributed by atoms with van der Waals surface area (Å²) in [4.78, 5) is 13.0. The lowest BCUT2D eigenvalue weighted by atomic mass is 9.83. The molecule has 0 bridgehead atoms. The summed E-state index contributed by atoms with van der Waals surface area (Å²) < 4.78 is 25.3. The second-order valence-electron chi connectivity index (χ2n) is 6.78. The lowest BCUT2D eigenvalue weighted by Crippen LogP contribution is -2.26. The van der Waals surface area contributed by atoms with E-state index < -0.39 is 17.4 Å². The van der Waals surface area contributed by atoms with Crippen molar-refractivity contribution in [1.29, 1.82) is 5.26 Å². The number of rotatable bonds is 1. The Hall–Kier alpha value is -4.11. The van der Waals surface area contributed by atoms with Crippen molar-refractivity contribution in [3.05, 3.63) is 99.5 Å². The number of ether oxygens (including phenoxy) is 1. The lowest BCUT2D eigenvalue weighted by Gasteiger charge is -2.26. The fourth-order valence-electron chi connectivity index (χ4n) is 3.87. The molecule has 4 aromatic rings. The molecular formula is C23H13FN2O3. The summed E-state index contributed by atoms with van der Waals surface area (Å²) >= 11 is 0. The first-order valence-corrected chi connectivity index (χ1v) is 8.90. The molecule has 5 nitrogen and oxygen atoms in total. The fourth-order valence-corrected chi connectivity index (χ4v) is 3.87. The van der Waals surface area contributed by atoms with Crippen LogP contribution < -0.4 is 16.1 Å². The minimum atomic E-state index is -0.883. The van der Waals surface area contributed by atoms with Gasteiger partial charge in [0.15, 0.2) is 5.75 Å². The number of halogens is 1. The largest absolute Gasteiger partial charge is 0.439 e. The van der Waals surface area contributed by atoms with E-state index in [0.29, 0.717) is 16.5 Å². The summed E-state index contributed by atoms with van der Waals surface area (Å²) in [7, 11) is 0. The number of hydrogen-bond acceptors (Lipinski definition) is 5. The topological polar surface area (TPSA) is 89.3 Å². The van der Waals surface area contributed by atoms with Gasteiger partial charge < -0.3 is 14.9 Å². The van der Waals surface area contributed by atoms with Gasteiger partial charge in [-0.2, -0.15) is 5.26 Å². The highest BCUT2D eigenvalue weighted by Crippen LogP contribution is 2.44. The third-order valence-electron chi connectivity index (χ3n) is 5.14. The molecule has 5 rings (SSSR count). The minimum absolute atomic E-state index is 0.0375. The molecule has 0 fully saturated rings. The van der Waals surface area contributed by atoms with Crippen LogP contribution >= 0.6 is 0 Å². The van der Waals surface area contributed by atoms with E-state index in [1.54, 1.807) is 12.1 Å². The summed E-state index contributed by atoms with van der Waals surface area (Å²) in [6.45, 7) is 0. The zero-order valence-electron chi connectivity index (χ0n) is 15.0. The van der Waals surface area contributed by atoms with Crippen molar-refractivity contribution in [3.8, 4) is 11.8 Å². The summed E-state index contributed by atoms with van der Waals surface area (Å²) in [5.74, 6) is -1.25. The lowest BCUT2D eigenvalue weighted by molar-refractivity contribution is 0.388. The highest BCUT2D eigenvalue weighted by Gasteiger charge is 2.35. The van der Waals surface area contributed by atoms with Crippen LogP contribution in [-0.4, -0.2) is 0 Å². The third-order valence-corrected chi connectivity index (χ3v) is 5.14. The first-order valence-electron chi connectivity index (χ1n) is 8.90. The first-order chi connectivity index (χ1) is 14.1. The molecule has 140 valence electrons. The molecule has 0 radical (unpaired) electrons. The van der Waals surface area contributed by atoms with Gasteiger partial charge in [0.1, 0.15) is 23.0 Å². The first kappa shape index (κ1) is 17.0. The van der Waals surface area contributed by atoms with Crippen LogP contribution in [0.15, 0.2) is 81.3 Å². The smallest absolute Gasteiger partial charge is 0.344 e. The van der Waals surface area contributed by atoms with Gasteiger partial charge >= 0.3 is 5.63 Å².